The molecule has 0 radical (unpaired) electrons. The second kappa shape index (κ2) is 7.22. The molecule has 0 bridgehead atoms. The zero-order valence-electron chi connectivity index (χ0n) is 14.6. The fraction of sp³-hybridized carbons (Fsp3) is 0.211. The molecule has 3 aromatic rings. The minimum atomic E-state index is -4.49. The Bertz CT molecular complexity index is 980. The molecule has 3 rings (SSSR count). The van der Waals surface area contributed by atoms with Crippen molar-refractivity contribution < 1.29 is 22.4 Å². The van der Waals surface area contributed by atoms with Crippen LogP contribution < -0.4 is 5.32 Å². The number of halogens is 3. The Balaban J connectivity index is 1.81. The Morgan fingerprint density at radius 2 is 1.85 bits per heavy atom. The van der Waals surface area contributed by atoms with Gasteiger partial charge in [0.05, 0.1) is 5.56 Å². The smallest absolute Gasteiger partial charge is 0.416 e. The summed E-state index contributed by atoms with van der Waals surface area (Å²) in [5.74, 6) is 0.926. The molecule has 0 unspecified atom stereocenters. The van der Waals surface area contributed by atoms with Gasteiger partial charge in [0.1, 0.15) is 23.0 Å². The van der Waals surface area contributed by atoms with Crippen LogP contribution in [0.15, 0.2) is 46.9 Å². The van der Waals surface area contributed by atoms with E-state index in [1.54, 1.807) is 26.0 Å². The molecule has 0 saturated carbocycles. The number of carbonyl (C=O) groups excluding carboxylic acids is 1. The first-order valence-corrected chi connectivity index (χ1v) is 8.10. The van der Waals surface area contributed by atoms with E-state index in [1.807, 2.05) is 0 Å². The van der Waals surface area contributed by atoms with Crippen LogP contribution in [0.5, 0.6) is 0 Å². The average molecular weight is 375 g/mol. The Morgan fingerprint density at radius 1 is 1.11 bits per heavy atom. The molecule has 1 aromatic carbocycles. The lowest BCUT2D eigenvalue weighted by Crippen LogP contribution is -2.25. The van der Waals surface area contributed by atoms with Crippen LogP contribution in [0, 0.1) is 13.8 Å². The summed E-state index contributed by atoms with van der Waals surface area (Å²) >= 11 is 0. The van der Waals surface area contributed by atoms with Crippen molar-refractivity contribution in [1.82, 2.24) is 15.3 Å². The molecule has 0 atom stereocenters. The Kier molecular flexibility index (Phi) is 4.98. The minimum Gasteiger partial charge on any atom is -0.460 e. The number of furan rings is 1. The summed E-state index contributed by atoms with van der Waals surface area (Å²) in [4.78, 5) is 20.7. The van der Waals surface area contributed by atoms with Crippen LogP contribution in [0.4, 0.5) is 13.2 Å². The van der Waals surface area contributed by atoms with E-state index in [9.17, 15) is 18.0 Å². The highest BCUT2D eigenvalue weighted by Gasteiger charge is 2.32. The van der Waals surface area contributed by atoms with E-state index < -0.39 is 17.6 Å². The summed E-state index contributed by atoms with van der Waals surface area (Å²) in [7, 11) is 0. The molecular weight excluding hydrogens is 359 g/mol. The number of amides is 1. The quantitative estimate of drug-likeness (QED) is 0.738. The van der Waals surface area contributed by atoms with Gasteiger partial charge in [-0.1, -0.05) is 18.2 Å². The third kappa shape index (κ3) is 4.33. The fourth-order valence-corrected chi connectivity index (χ4v) is 2.60. The van der Waals surface area contributed by atoms with Crippen LogP contribution in [-0.2, 0) is 12.7 Å². The number of benzene rings is 1. The molecule has 8 heteroatoms. The molecule has 0 aliphatic rings. The maximum atomic E-state index is 13.0. The second-order valence-corrected chi connectivity index (χ2v) is 5.93. The third-order valence-electron chi connectivity index (χ3n) is 3.83. The van der Waals surface area contributed by atoms with Gasteiger partial charge in [-0.15, -0.1) is 0 Å². The summed E-state index contributed by atoms with van der Waals surface area (Å²) in [6.45, 7) is 3.13. The molecule has 0 saturated heterocycles. The third-order valence-corrected chi connectivity index (χ3v) is 3.83. The van der Waals surface area contributed by atoms with E-state index in [4.69, 9.17) is 4.42 Å². The standard InChI is InChI=1S/C19H16F3N3O2/c1-11-7-8-17(27-11)15-9-16(25-12(2)24-15)18(26)23-10-13-5-3-4-6-14(13)19(20,21)22/h3-9H,10H2,1-2H3,(H,23,26). The summed E-state index contributed by atoms with van der Waals surface area (Å²) in [5, 5.41) is 2.48. The first-order chi connectivity index (χ1) is 12.7. The van der Waals surface area contributed by atoms with Crippen molar-refractivity contribution in [1.29, 1.82) is 0 Å². The first kappa shape index (κ1) is 18.6. The van der Waals surface area contributed by atoms with Crippen LogP contribution in [0.3, 0.4) is 0 Å². The van der Waals surface area contributed by atoms with Gasteiger partial charge in [-0.05, 0) is 43.7 Å². The summed E-state index contributed by atoms with van der Waals surface area (Å²) in [6, 6.07) is 10.0. The number of aromatic nitrogens is 2. The number of aryl methyl sites for hydroxylation is 2. The van der Waals surface area contributed by atoms with E-state index >= 15 is 0 Å². The first-order valence-electron chi connectivity index (χ1n) is 8.10. The number of nitrogens with one attached hydrogen (secondary N) is 1. The number of nitrogens with zero attached hydrogens (tertiary/aromatic N) is 2. The van der Waals surface area contributed by atoms with Gasteiger partial charge in [0.2, 0.25) is 0 Å². The molecular formula is C19H16F3N3O2. The van der Waals surface area contributed by atoms with Crippen LogP contribution >= 0.6 is 0 Å². The molecule has 2 aromatic heterocycles. The number of carbonyl (C=O) groups is 1. The van der Waals surface area contributed by atoms with E-state index in [-0.39, 0.29) is 17.8 Å². The monoisotopic (exact) mass is 375 g/mol. The Hall–Kier alpha value is -3.16. The molecule has 1 N–H and O–H groups in total. The summed E-state index contributed by atoms with van der Waals surface area (Å²) < 4.78 is 44.6. The van der Waals surface area contributed by atoms with Gasteiger partial charge in [0, 0.05) is 6.54 Å². The van der Waals surface area contributed by atoms with Crippen LogP contribution in [-0.4, -0.2) is 15.9 Å². The summed E-state index contributed by atoms with van der Waals surface area (Å²) in [6.07, 6.45) is -4.49. The molecule has 0 spiro atoms. The zero-order chi connectivity index (χ0) is 19.6. The van der Waals surface area contributed by atoms with E-state index in [0.717, 1.165) is 6.07 Å². The van der Waals surface area contributed by atoms with Crippen molar-refractivity contribution in [3.8, 4) is 11.5 Å². The van der Waals surface area contributed by atoms with Gasteiger partial charge in [-0.25, -0.2) is 9.97 Å². The second-order valence-electron chi connectivity index (χ2n) is 5.93. The molecule has 140 valence electrons. The van der Waals surface area contributed by atoms with Crippen LogP contribution in [0.1, 0.15) is 33.2 Å². The van der Waals surface area contributed by atoms with E-state index in [0.29, 0.717) is 23.0 Å². The van der Waals surface area contributed by atoms with Crippen molar-refractivity contribution in [2.75, 3.05) is 0 Å². The lowest BCUT2D eigenvalue weighted by molar-refractivity contribution is -0.138. The molecule has 0 fully saturated rings. The van der Waals surface area contributed by atoms with Crippen molar-refractivity contribution in [3.05, 3.63) is 70.9 Å². The summed E-state index contributed by atoms with van der Waals surface area (Å²) in [5.41, 5.74) is -0.325. The van der Waals surface area contributed by atoms with Crippen LogP contribution in [0.25, 0.3) is 11.5 Å². The van der Waals surface area contributed by atoms with E-state index in [1.165, 1.54) is 24.3 Å². The molecule has 0 aliphatic carbocycles. The molecule has 27 heavy (non-hydrogen) atoms. The molecule has 5 nitrogen and oxygen atoms in total. The van der Waals surface area contributed by atoms with Crippen LogP contribution in [0.2, 0.25) is 0 Å². The highest BCUT2D eigenvalue weighted by Crippen LogP contribution is 2.31. The number of hydrogen-bond acceptors (Lipinski definition) is 4. The Morgan fingerprint density at radius 3 is 2.52 bits per heavy atom. The van der Waals surface area contributed by atoms with Gasteiger partial charge < -0.3 is 9.73 Å². The largest absolute Gasteiger partial charge is 0.460 e. The predicted octanol–water partition coefficient (Wildman–Crippen LogP) is 4.30. The number of rotatable bonds is 4. The normalized spacial score (nSPS) is 11.4. The molecule has 2 heterocycles. The number of hydrogen-bond donors (Lipinski definition) is 1. The highest BCUT2D eigenvalue weighted by atomic mass is 19.4. The average Bonchev–Trinajstić information content (AvgIpc) is 3.05. The highest BCUT2D eigenvalue weighted by molar-refractivity contribution is 5.93. The number of alkyl halides is 3. The SMILES string of the molecule is Cc1nc(C(=O)NCc2ccccc2C(F)(F)F)cc(-c2ccc(C)o2)n1. The van der Waals surface area contributed by atoms with E-state index in [2.05, 4.69) is 15.3 Å². The minimum absolute atomic E-state index is 0.0222. The topological polar surface area (TPSA) is 68.0 Å². The van der Waals surface area contributed by atoms with Crippen molar-refractivity contribution in [3.63, 3.8) is 0 Å². The predicted molar refractivity (Wildman–Crippen MR) is 91.8 cm³/mol. The Labute approximate surface area is 153 Å². The zero-order valence-corrected chi connectivity index (χ0v) is 14.6. The van der Waals surface area contributed by atoms with Crippen molar-refractivity contribution in [2.24, 2.45) is 0 Å². The van der Waals surface area contributed by atoms with Gasteiger partial charge in [0.15, 0.2) is 5.76 Å². The van der Waals surface area contributed by atoms with Gasteiger partial charge in [-0.2, -0.15) is 13.2 Å². The molecule has 1 amide bonds. The molecule has 0 aliphatic heterocycles. The van der Waals surface area contributed by atoms with Crippen molar-refractivity contribution in [2.45, 2.75) is 26.6 Å². The van der Waals surface area contributed by atoms with Gasteiger partial charge >= 0.3 is 6.18 Å². The van der Waals surface area contributed by atoms with Gasteiger partial charge in [-0.3, -0.25) is 4.79 Å². The lowest BCUT2D eigenvalue weighted by atomic mass is 10.1. The fourth-order valence-electron chi connectivity index (χ4n) is 2.60. The maximum Gasteiger partial charge on any atom is 0.416 e. The van der Waals surface area contributed by atoms with Gasteiger partial charge in [0.25, 0.3) is 5.91 Å². The lowest BCUT2D eigenvalue weighted by Gasteiger charge is -2.13. The maximum absolute atomic E-state index is 13.0. The van der Waals surface area contributed by atoms with Crippen molar-refractivity contribution >= 4 is 5.91 Å².